The molecule has 0 aliphatic carbocycles. The van der Waals surface area contributed by atoms with Gasteiger partial charge in [0.25, 0.3) is 0 Å². The van der Waals surface area contributed by atoms with E-state index in [0.717, 1.165) is 27.1 Å². The molecule has 3 aromatic heterocycles. The summed E-state index contributed by atoms with van der Waals surface area (Å²) in [6.45, 7) is -0.0676. The minimum Gasteiger partial charge on any atom is -0.390 e. The maximum absolute atomic E-state index is 9.56. The summed E-state index contributed by atoms with van der Waals surface area (Å²) in [4.78, 5) is 8.62. The molecule has 3 aromatic rings. The van der Waals surface area contributed by atoms with Gasteiger partial charge >= 0.3 is 0 Å². The Morgan fingerprint density at radius 3 is 2.89 bits per heavy atom. The zero-order valence-electron chi connectivity index (χ0n) is 9.42. The van der Waals surface area contributed by atoms with Gasteiger partial charge in [-0.15, -0.1) is 0 Å². The number of fused-ring (bicyclic) bond motifs is 1. The van der Waals surface area contributed by atoms with Gasteiger partial charge in [-0.05, 0) is 40.2 Å². The molecule has 0 fully saturated rings. The molecule has 0 aromatic carbocycles. The first-order chi connectivity index (χ1) is 8.79. The van der Waals surface area contributed by atoms with Gasteiger partial charge in [-0.3, -0.25) is 9.38 Å². The molecule has 1 N–H and O–H groups in total. The molecule has 0 bridgehead atoms. The predicted octanol–water partition coefficient (Wildman–Crippen LogP) is 2.65. The van der Waals surface area contributed by atoms with Crippen LogP contribution in [0.4, 0.5) is 0 Å². The fourth-order valence-electron chi connectivity index (χ4n) is 1.95. The summed E-state index contributed by atoms with van der Waals surface area (Å²) in [6, 6.07) is 7.62. The summed E-state index contributed by atoms with van der Waals surface area (Å²) in [5, 5.41) is 9.56. The number of imidazole rings is 1. The molecule has 0 atom stereocenters. The number of hydrogen-bond acceptors (Lipinski definition) is 3. The van der Waals surface area contributed by atoms with Crippen LogP contribution in [0.3, 0.4) is 0 Å². The maximum Gasteiger partial charge on any atom is 0.137 e. The van der Waals surface area contributed by atoms with Crippen molar-refractivity contribution in [2.24, 2.45) is 0 Å². The van der Waals surface area contributed by atoms with Gasteiger partial charge in [-0.2, -0.15) is 0 Å². The van der Waals surface area contributed by atoms with Crippen molar-refractivity contribution >= 4 is 21.6 Å². The number of aromatic nitrogens is 3. The van der Waals surface area contributed by atoms with Crippen LogP contribution in [0.5, 0.6) is 0 Å². The summed E-state index contributed by atoms with van der Waals surface area (Å²) in [6.07, 6.45) is 5.36. The normalized spacial score (nSPS) is 11.0. The molecule has 90 valence electrons. The molecule has 0 saturated carbocycles. The summed E-state index contributed by atoms with van der Waals surface area (Å²) in [5.74, 6) is 0. The smallest absolute Gasteiger partial charge is 0.137 e. The number of nitrogens with zero attached hydrogens (tertiary/aromatic N) is 3. The Labute approximate surface area is 112 Å². The molecule has 0 radical (unpaired) electrons. The van der Waals surface area contributed by atoms with E-state index in [-0.39, 0.29) is 6.61 Å². The van der Waals surface area contributed by atoms with Crippen LogP contribution >= 0.6 is 15.9 Å². The van der Waals surface area contributed by atoms with Gasteiger partial charge in [-0.1, -0.05) is 0 Å². The Hall–Kier alpha value is -1.72. The molecule has 0 unspecified atom stereocenters. The number of aliphatic hydroxyl groups excluding tert-OH is 1. The molecule has 0 saturated heterocycles. The van der Waals surface area contributed by atoms with Gasteiger partial charge in [0.05, 0.1) is 18.0 Å². The van der Waals surface area contributed by atoms with E-state index in [0.29, 0.717) is 0 Å². The predicted molar refractivity (Wildman–Crippen MR) is 72.0 cm³/mol. The van der Waals surface area contributed by atoms with Crippen molar-refractivity contribution in [3.05, 3.63) is 53.0 Å². The lowest BCUT2D eigenvalue weighted by atomic mass is 10.2. The summed E-state index contributed by atoms with van der Waals surface area (Å²) in [7, 11) is 0. The van der Waals surface area contributed by atoms with E-state index >= 15 is 0 Å². The van der Waals surface area contributed by atoms with Gasteiger partial charge < -0.3 is 5.11 Å². The highest BCUT2D eigenvalue weighted by atomic mass is 79.9. The van der Waals surface area contributed by atoms with Crippen molar-refractivity contribution in [2.45, 2.75) is 6.61 Å². The summed E-state index contributed by atoms with van der Waals surface area (Å²) in [5.41, 5.74) is 3.24. The summed E-state index contributed by atoms with van der Waals surface area (Å²) >= 11 is 3.42. The van der Waals surface area contributed by atoms with Crippen LogP contribution in [0.1, 0.15) is 5.69 Å². The highest BCUT2D eigenvalue weighted by molar-refractivity contribution is 9.10. The monoisotopic (exact) mass is 303 g/mol. The number of aliphatic hydroxyl groups is 1. The molecule has 18 heavy (non-hydrogen) atoms. The lowest BCUT2D eigenvalue weighted by Crippen LogP contribution is -1.94. The molecule has 5 heteroatoms. The van der Waals surface area contributed by atoms with Crippen molar-refractivity contribution in [1.29, 1.82) is 0 Å². The number of pyridine rings is 2. The van der Waals surface area contributed by atoms with Crippen molar-refractivity contribution < 1.29 is 5.11 Å². The third-order valence-electron chi connectivity index (χ3n) is 2.77. The third kappa shape index (κ3) is 1.81. The van der Waals surface area contributed by atoms with E-state index in [9.17, 15) is 5.11 Å². The quantitative estimate of drug-likeness (QED) is 0.792. The van der Waals surface area contributed by atoms with Crippen molar-refractivity contribution in [3.8, 4) is 11.3 Å². The van der Waals surface area contributed by atoms with E-state index in [1.807, 2.05) is 34.9 Å². The second kappa shape index (κ2) is 4.51. The van der Waals surface area contributed by atoms with Crippen molar-refractivity contribution in [2.75, 3.05) is 0 Å². The third-order valence-corrected chi connectivity index (χ3v) is 3.24. The first-order valence-corrected chi connectivity index (χ1v) is 6.26. The Morgan fingerprint density at radius 2 is 2.17 bits per heavy atom. The van der Waals surface area contributed by atoms with Gasteiger partial charge in [0.15, 0.2) is 0 Å². The van der Waals surface area contributed by atoms with E-state index in [1.165, 1.54) is 0 Å². The van der Waals surface area contributed by atoms with Crippen molar-refractivity contribution in [1.82, 2.24) is 14.4 Å². The van der Waals surface area contributed by atoms with E-state index in [2.05, 4.69) is 25.9 Å². The fraction of sp³-hybridized carbons (Fsp3) is 0.0769. The fourth-order valence-corrected chi connectivity index (χ4v) is 2.29. The van der Waals surface area contributed by atoms with Crippen LogP contribution in [0.25, 0.3) is 16.9 Å². The minimum atomic E-state index is -0.0676. The van der Waals surface area contributed by atoms with E-state index < -0.39 is 0 Å². The molecule has 0 spiro atoms. The topological polar surface area (TPSA) is 50.4 Å². The lowest BCUT2D eigenvalue weighted by molar-refractivity contribution is 0.276. The number of rotatable bonds is 2. The lowest BCUT2D eigenvalue weighted by Gasteiger charge is -2.01. The SMILES string of the molecule is OCc1c(-c2cccnc2)nc2ccc(Br)cn12. The first-order valence-electron chi connectivity index (χ1n) is 5.47. The zero-order valence-corrected chi connectivity index (χ0v) is 11.0. The Bertz CT molecular complexity index is 694. The van der Waals surface area contributed by atoms with Crippen LogP contribution in [-0.4, -0.2) is 19.5 Å². The van der Waals surface area contributed by atoms with E-state index in [1.54, 1.807) is 12.4 Å². The Balaban J connectivity index is 2.30. The summed E-state index contributed by atoms with van der Waals surface area (Å²) < 4.78 is 2.83. The highest BCUT2D eigenvalue weighted by Gasteiger charge is 2.13. The molecule has 3 rings (SSSR count). The highest BCUT2D eigenvalue weighted by Crippen LogP contribution is 2.25. The van der Waals surface area contributed by atoms with Crippen LogP contribution in [-0.2, 0) is 6.61 Å². The molecule has 0 aliphatic heterocycles. The largest absolute Gasteiger partial charge is 0.390 e. The van der Waals surface area contributed by atoms with Crippen LogP contribution in [0.15, 0.2) is 47.3 Å². The molecule has 4 nitrogen and oxygen atoms in total. The van der Waals surface area contributed by atoms with Gasteiger partial charge in [-0.25, -0.2) is 4.98 Å². The van der Waals surface area contributed by atoms with Crippen LogP contribution in [0.2, 0.25) is 0 Å². The van der Waals surface area contributed by atoms with Gasteiger partial charge in [0.1, 0.15) is 5.65 Å². The average molecular weight is 304 g/mol. The molecule has 3 heterocycles. The Morgan fingerprint density at radius 1 is 1.28 bits per heavy atom. The van der Waals surface area contributed by atoms with E-state index in [4.69, 9.17) is 0 Å². The van der Waals surface area contributed by atoms with Crippen molar-refractivity contribution in [3.63, 3.8) is 0 Å². The molecular formula is C13H10BrN3O. The molecule has 0 amide bonds. The van der Waals surface area contributed by atoms with Gasteiger partial charge in [0.2, 0.25) is 0 Å². The number of halogens is 1. The minimum absolute atomic E-state index is 0.0676. The maximum atomic E-state index is 9.56. The van der Waals surface area contributed by atoms with Crippen LogP contribution in [0, 0.1) is 0 Å². The van der Waals surface area contributed by atoms with Gasteiger partial charge in [0, 0.05) is 28.6 Å². The second-order valence-corrected chi connectivity index (χ2v) is 4.80. The average Bonchev–Trinajstić information content (AvgIpc) is 2.77. The molecular weight excluding hydrogens is 294 g/mol. The first kappa shape index (κ1) is 11.4. The Kier molecular flexibility index (Phi) is 2.85. The standard InChI is InChI=1S/C13H10BrN3O/c14-10-3-4-12-16-13(9-2-1-5-15-6-9)11(8-18)17(12)7-10/h1-7,18H,8H2. The molecule has 0 aliphatic rings. The van der Waals surface area contributed by atoms with Crippen LogP contribution < -0.4 is 0 Å². The number of hydrogen-bond donors (Lipinski definition) is 1. The zero-order chi connectivity index (χ0) is 12.5. The second-order valence-electron chi connectivity index (χ2n) is 3.88.